The fraction of sp³-hybridized carbons (Fsp3) is 0.333. The molecule has 0 bridgehead atoms. The number of benzene rings is 1. The Morgan fingerprint density at radius 3 is 2.19 bits per heavy atom. The second-order valence-corrected chi connectivity index (χ2v) is 9.80. The van der Waals surface area contributed by atoms with E-state index in [9.17, 15) is 13.5 Å². The molecule has 0 aliphatic rings. The number of rotatable bonds is 3. The molecule has 0 saturated carbocycles. The van der Waals surface area contributed by atoms with Crippen molar-refractivity contribution in [3.05, 3.63) is 34.9 Å². The van der Waals surface area contributed by atoms with Crippen LogP contribution in [0.25, 0.3) is 0 Å². The van der Waals surface area contributed by atoms with E-state index < -0.39 is 18.2 Å². The smallest absolute Gasteiger partial charge is 0.224 e. The Bertz CT molecular complexity index is 470. The van der Waals surface area contributed by atoms with Gasteiger partial charge in [0.2, 0.25) is 2.21 Å². The van der Waals surface area contributed by atoms with Gasteiger partial charge in [0, 0.05) is 11.3 Å². The summed E-state index contributed by atoms with van der Waals surface area (Å²) in [6, 6.07) is 6.19. The summed E-state index contributed by atoms with van der Waals surface area (Å²) in [4.78, 5) is 0. The molecule has 2 atom stereocenters. The fourth-order valence-electron chi connectivity index (χ4n) is 1.04. The molecule has 0 fully saturated rings. The molecule has 1 aromatic rings. The van der Waals surface area contributed by atoms with Gasteiger partial charge < -0.3 is 5.11 Å². The van der Waals surface area contributed by atoms with Crippen LogP contribution >= 0.6 is 45.8 Å². The first-order chi connectivity index (χ1) is 7.16. The SMILES string of the molecule is CS(=O)(=O)[C@@](Cl)(I)[C@@H](O)c1ccc(Cl)cc1. The molecule has 16 heavy (non-hydrogen) atoms. The molecule has 0 amide bonds. The third kappa shape index (κ3) is 3.01. The zero-order valence-electron chi connectivity index (χ0n) is 8.19. The molecule has 0 saturated heterocycles. The van der Waals surface area contributed by atoms with Gasteiger partial charge in [0.1, 0.15) is 6.10 Å². The normalized spacial score (nSPS) is 17.8. The maximum Gasteiger partial charge on any atom is 0.224 e. The fourth-order valence-corrected chi connectivity index (χ4v) is 2.20. The van der Waals surface area contributed by atoms with E-state index in [-0.39, 0.29) is 0 Å². The highest BCUT2D eigenvalue weighted by molar-refractivity contribution is 14.1. The molecule has 0 heterocycles. The summed E-state index contributed by atoms with van der Waals surface area (Å²) >= 11 is 13.1. The van der Waals surface area contributed by atoms with Crippen LogP contribution < -0.4 is 0 Å². The second-order valence-electron chi connectivity index (χ2n) is 3.29. The lowest BCUT2D eigenvalue weighted by Crippen LogP contribution is -2.31. The van der Waals surface area contributed by atoms with Crippen LogP contribution in [0, 0.1) is 0 Å². The molecule has 0 aliphatic carbocycles. The highest BCUT2D eigenvalue weighted by Crippen LogP contribution is 2.42. The molecule has 0 spiro atoms. The molecule has 3 nitrogen and oxygen atoms in total. The van der Waals surface area contributed by atoms with Gasteiger partial charge in [0.05, 0.1) is 0 Å². The summed E-state index contributed by atoms with van der Waals surface area (Å²) in [5, 5.41) is 10.4. The maximum absolute atomic E-state index is 11.4. The summed E-state index contributed by atoms with van der Waals surface area (Å²) in [5.41, 5.74) is 0.402. The van der Waals surface area contributed by atoms with Crippen LogP contribution in [0.4, 0.5) is 0 Å². The number of alkyl halides is 2. The Balaban J connectivity index is 3.12. The Hall–Kier alpha value is 0.440. The molecular weight excluding hydrogens is 386 g/mol. The molecule has 0 unspecified atom stereocenters. The average Bonchev–Trinajstić information content (AvgIpc) is 2.16. The molecule has 1 aromatic carbocycles. The van der Waals surface area contributed by atoms with Crippen molar-refractivity contribution in [2.24, 2.45) is 0 Å². The van der Waals surface area contributed by atoms with Crippen molar-refractivity contribution >= 4 is 55.6 Å². The van der Waals surface area contributed by atoms with Gasteiger partial charge in [-0.3, -0.25) is 0 Å². The summed E-state index contributed by atoms with van der Waals surface area (Å²) < 4.78 is 21.0. The topological polar surface area (TPSA) is 54.4 Å². The van der Waals surface area contributed by atoms with E-state index in [0.717, 1.165) is 6.26 Å². The van der Waals surface area contributed by atoms with E-state index in [1.165, 1.54) is 34.7 Å². The minimum atomic E-state index is -3.59. The van der Waals surface area contributed by atoms with Crippen LogP contribution in [-0.2, 0) is 9.84 Å². The quantitative estimate of drug-likeness (QED) is 0.633. The summed E-state index contributed by atoms with van der Waals surface area (Å²) in [5.74, 6) is 0. The molecule has 0 radical (unpaired) electrons. The van der Waals surface area contributed by atoms with Gasteiger partial charge in [-0.15, -0.1) is 0 Å². The molecule has 1 rings (SSSR count). The van der Waals surface area contributed by atoms with Gasteiger partial charge in [-0.25, -0.2) is 8.42 Å². The predicted molar refractivity (Wildman–Crippen MR) is 73.9 cm³/mol. The third-order valence-electron chi connectivity index (χ3n) is 2.00. The first-order valence-electron chi connectivity index (χ1n) is 4.17. The number of hydrogen-bond acceptors (Lipinski definition) is 3. The Morgan fingerprint density at radius 2 is 1.81 bits per heavy atom. The highest BCUT2D eigenvalue weighted by atomic mass is 127. The van der Waals surface area contributed by atoms with Crippen LogP contribution in [0.1, 0.15) is 11.7 Å². The molecule has 7 heteroatoms. The predicted octanol–water partition coefficient (Wildman–Crippen LogP) is 2.75. The number of sulfone groups is 1. The van der Waals surface area contributed by atoms with Gasteiger partial charge in [-0.05, 0) is 40.3 Å². The van der Waals surface area contributed by atoms with Crippen molar-refractivity contribution in [2.75, 3.05) is 6.26 Å². The Morgan fingerprint density at radius 1 is 1.38 bits per heavy atom. The number of halogens is 3. The van der Waals surface area contributed by atoms with Crippen molar-refractivity contribution in [1.29, 1.82) is 0 Å². The Kier molecular flexibility index (Phi) is 4.51. The number of hydrogen-bond donors (Lipinski definition) is 1. The average molecular weight is 395 g/mol. The van der Waals surface area contributed by atoms with Gasteiger partial charge in [0.15, 0.2) is 9.84 Å². The number of aliphatic hydroxyl groups is 1. The van der Waals surface area contributed by atoms with Gasteiger partial charge in [-0.2, -0.15) is 0 Å². The van der Waals surface area contributed by atoms with E-state index >= 15 is 0 Å². The monoisotopic (exact) mass is 394 g/mol. The molecule has 0 aromatic heterocycles. The van der Waals surface area contributed by atoms with Crippen molar-refractivity contribution < 1.29 is 13.5 Å². The van der Waals surface area contributed by atoms with Crippen LogP contribution in [-0.4, -0.2) is 22.0 Å². The molecule has 0 aliphatic heterocycles. The molecular formula is C9H9Cl2IO3S. The lowest BCUT2D eigenvalue weighted by molar-refractivity contribution is 0.188. The maximum atomic E-state index is 11.4. The first-order valence-corrected chi connectivity index (χ1v) is 7.90. The van der Waals surface area contributed by atoms with E-state index in [1.54, 1.807) is 12.1 Å². The Labute approximate surface area is 118 Å². The zero-order chi connectivity index (χ0) is 12.6. The lowest BCUT2D eigenvalue weighted by Gasteiger charge is -2.24. The highest BCUT2D eigenvalue weighted by Gasteiger charge is 2.43. The molecule has 90 valence electrons. The molecule has 1 N–H and O–H groups in total. The largest absolute Gasteiger partial charge is 0.385 e. The summed E-state index contributed by atoms with van der Waals surface area (Å²) in [6.45, 7) is 0. The first kappa shape index (κ1) is 14.5. The minimum Gasteiger partial charge on any atom is -0.385 e. The van der Waals surface area contributed by atoms with Crippen molar-refractivity contribution in [2.45, 2.75) is 8.32 Å². The van der Waals surface area contributed by atoms with Crippen molar-refractivity contribution in [1.82, 2.24) is 0 Å². The van der Waals surface area contributed by atoms with E-state index in [4.69, 9.17) is 23.2 Å². The number of aliphatic hydroxyl groups excluding tert-OH is 1. The van der Waals surface area contributed by atoms with Crippen LogP contribution in [0.15, 0.2) is 24.3 Å². The van der Waals surface area contributed by atoms with E-state index in [2.05, 4.69) is 0 Å². The third-order valence-corrected chi connectivity index (χ3v) is 7.50. The van der Waals surface area contributed by atoms with Gasteiger partial charge in [-0.1, -0.05) is 35.3 Å². The van der Waals surface area contributed by atoms with Crippen LogP contribution in [0.2, 0.25) is 5.02 Å². The zero-order valence-corrected chi connectivity index (χ0v) is 12.7. The lowest BCUT2D eigenvalue weighted by atomic mass is 10.1. The van der Waals surface area contributed by atoms with E-state index in [0.29, 0.717) is 10.6 Å². The van der Waals surface area contributed by atoms with Crippen molar-refractivity contribution in [3.63, 3.8) is 0 Å². The standard InChI is InChI=1S/C9H9Cl2IO3S/c1-16(14,15)9(11,12)8(13)6-2-4-7(10)5-3-6/h2-5,8,13H,1H3/t8-,9-/m0/s1. The van der Waals surface area contributed by atoms with E-state index in [1.807, 2.05) is 0 Å². The van der Waals surface area contributed by atoms with Gasteiger partial charge >= 0.3 is 0 Å². The van der Waals surface area contributed by atoms with Crippen molar-refractivity contribution in [3.8, 4) is 0 Å². The summed E-state index contributed by atoms with van der Waals surface area (Å²) in [6.07, 6.45) is -0.340. The minimum absolute atomic E-state index is 0.402. The summed E-state index contributed by atoms with van der Waals surface area (Å²) in [7, 11) is -3.59. The van der Waals surface area contributed by atoms with Gasteiger partial charge in [0.25, 0.3) is 0 Å². The second kappa shape index (κ2) is 4.97. The van der Waals surface area contributed by atoms with Crippen LogP contribution in [0.5, 0.6) is 0 Å². The van der Waals surface area contributed by atoms with Crippen LogP contribution in [0.3, 0.4) is 0 Å².